The van der Waals surface area contributed by atoms with E-state index in [0.29, 0.717) is 12.1 Å². The zero-order chi connectivity index (χ0) is 15.2. The van der Waals surface area contributed by atoms with E-state index >= 15 is 0 Å². The summed E-state index contributed by atoms with van der Waals surface area (Å²) in [5.74, 6) is 4.32. The summed E-state index contributed by atoms with van der Waals surface area (Å²) in [5, 5.41) is 2.69. The van der Waals surface area contributed by atoms with Gasteiger partial charge in [0.25, 0.3) is 5.91 Å². The van der Waals surface area contributed by atoms with Gasteiger partial charge in [-0.25, -0.2) is 4.39 Å². The minimum absolute atomic E-state index is 0.00363. The Morgan fingerprint density at radius 2 is 2.19 bits per heavy atom. The van der Waals surface area contributed by atoms with E-state index in [1.807, 2.05) is 12.1 Å². The highest BCUT2D eigenvalue weighted by molar-refractivity contribution is 9.11. The monoisotopic (exact) mass is 366 g/mol. The van der Waals surface area contributed by atoms with Gasteiger partial charge in [-0.3, -0.25) is 4.79 Å². The Kier molecular flexibility index (Phi) is 5.51. The largest absolute Gasteiger partial charge is 0.347 e. The molecule has 3 nitrogen and oxygen atoms in total. The number of nitrogens with two attached hydrogens (primary N) is 1. The number of amides is 1. The van der Waals surface area contributed by atoms with Gasteiger partial charge in [0.1, 0.15) is 5.82 Å². The molecule has 0 spiro atoms. The molecule has 1 heterocycles. The minimum Gasteiger partial charge on any atom is -0.347 e. The molecule has 6 heteroatoms. The molecule has 0 fully saturated rings. The van der Waals surface area contributed by atoms with Crippen molar-refractivity contribution < 1.29 is 9.18 Å². The van der Waals surface area contributed by atoms with Crippen LogP contribution < -0.4 is 11.1 Å². The Hall–Kier alpha value is -1.68. The Morgan fingerprint density at radius 1 is 1.38 bits per heavy atom. The van der Waals surface area contributed by atoms with Crippen molar-refractivity contribution in [1.82, 2.24) is 5.32 Å². The number of rotatable bonds is 3. The Balaban J connectivity index is 2.05. The van der Waals surface area contributed by atoms with Crippen LogP contribution in [0.2, 0.25) is 0 Å². The van der Waals surface area contributed by atoms with E-state index in [1.165, 1.54) is 23.5 Å². The molecule has 1 aromatic heterocycles. The Labute approximate surface area is 134 Å². The molecule has 3 N–H and O–H groups in total. The first kappa shape index (κ1) is 15.7. The maximum absolute atomic E-state index is 13.9. The SMILES string of the molecule is NCC#Cc1ccc(C(=O)NCc2ccc(Br)s2)c(F)c1. The highest BCUT2D eigenvalue weighted by atomic mass is 79.9. The smallest absolute Gasteiger partial charge is 0.254 e. The number of carbonyl (C=O) groups excluding carboxylic acids is 1. The third-order valence-electron chi connectivity index (χ3n) is 2.60. The van der Waals surface area contributed by atoms with E-state index < -0.39 is 11.7 Å². The van der Waals surface area contributed by atoms with Crippen LogP contribution in [-0.4, -0.2) is 12.5 Å². The van der Waals surface area contributed by atoms with Gasteiger partial charge in [0.2, 0.25) is 0 Å². The second kappa shape index (κ2) is 7.36. The van der Waals surface area contributed by atoms with Gasteiger partial charge in [0, 0.05) is 10.4 Å². The van der Waals surface area contributed by atoms with Gasteiger partial charge in [-0.05, 0) is 46.3 Å². The number of hydrogen-bond acceptors (Lipinski definition) is 3. The second-order valence-corrected chi connectivity index (χ2v) is 6.64. The van der Waals surface area contributed by atoms with Gasteiger partial charge in [0.15, 0.2) is 0 Å². The fourth-order valence-corrected chi connectivity index (χ4v) is 3.06. The molecular formula is C15H12BrFN2OS. The first-order valence-corrected chi connectivity index (χ1v) is 7.72. The molecule has 0 aliphatic heterocycles. The summed E-state index contributed by atoms with van der Waals surface area (Å²) in [6.45, 7) is 0.573. The maximum atomic E-state index is 13.9. The minimum atomic E-state index is -0.594. The Bertz CT molecular complexity index is 718. The van der Waals surface area contributed by atoms with Crippen LogP contribution in [0.5, 0.6) is 0 Å². The summed E-state index contributed by atoms with van der Waals surface area (Å²) >= 11 is 4.87. The lowest BCUT2D eigenvalue weighted by atomic mass is 10.1. The van der Waals surface area contributed by atoms with Crippen molar-refractivity contribution in [2.24, 2.45) is 5.73 Å². The summed E-state index contributed by atoms with van der Waals surface area (Å²) in [7, 11) is 0. The number of hydrogen-bond donors (Lipinski definition) is 2. The summed E-state index contributed by atoms with van der Waals surface area (Å²) < 4.78 is 14.9. The topological polar surface area (TPSA) is 55.1 Å². The van der Waals surface area contributed by atoms with E-state index in [2.05, 4.69) is 33.1 Å². The quantitative estimate of drug-likeness (QED) is 0.820. The number of benzene rings is 1. The van der Waals surface area contributed by atoms with Crippen LogP contribution in [0.15, 0.2) is 34.1 Å². The fourth-order valence-electron chi connectivity index (χ4n) is 1.64. The first-order valence-electron chi connectivity index (χ1n) is 6.11. The van der Waals surface area contributed by atoms with Gasteiger partial charge in [0.05, 0.1) is 22.4 Å². The van der Waals surface area contributed by atoms with Crippen molar-refractivity contribution in [2.75, 3.05) is 6.54 Å². The summed E-state index contributed by atoms with van der Waals surface area (Å²) in [5.41, 5.74) is 5.76. The molecule has 2 rings (SSSR count). The van der Waals surface area contributed by atoms with Crippen molar-refractivity contribution in [3.05, 3.63) is 55.9 Å². The van der Waals surface area contributed by atoms with Gasteiger partial charge >= 0.3 is 0 Å². The van der Waals surface area contributed by atoms with E-state index in [4.69, 9.17) is 5.73 Å². The van der Waals surface area contributed by atoms with Gasteiger partial charge in [-0.15, -0.1) is 11.3 Å². The van der Waals surface area contributed by atoms with Crippen LogP contribution >= 0.6 is 27.3 Å². The zero-order valence-electron chi connectivity index (χ0n) is 11.0. The summed E-state index contributed by atoms with van der Waals surface area (Å²) in [6.07, 6.45) is 0. The summed E-state index contributed by atoms with van der Waals surface area (Å²) in [4.78, 5) is 12.9. The third kappa shape index (κ3) is 4.39. The van der Waals surface area contributed by atoms with Crippen LogP contribution in [0.3, 0.4) is 0 Å². The zero-order valence-corrected chi connectivity index (χ0v) is 13.4. The standard InChI is InChI=1S/C15H12BrFN2OS/c16-14-6-4-11(21-14)9-19-15(20)12-5-3-10(2-1-7-18)8-13(12)17/h3-6,8H,7,9,18H2,(H,19,20). The predicted octanol–water partition coefficient (Wildman–Crippen LogP) is 2.89. The molecule has 0 saturated heterocycles. The lowest BCUT2D eigenvalue weighted by Crippen LogP contribution is -2.23. The van der Waals surface area contributed by atoms with Crippen LogP contribution in [0.25, 0.3) is 0 Å². The first-order chi connectivity index (χ1) is 10.1. The molecule has 0 atom stereocenters. The predicted molar refractivity (Wildman–Crippen MR) is 85.5 cm³/mol. The van der Waals surface area contributed by atoms with E-state index in [1.54, 1.807) is 6.07 Å². The van der Waals surface area contributed by atoms with Crippen molar-refractivity contribution in [1.29, 1.82) is 0 Å². The highest BCUT2D eigenvalue weighted by Gasteiger charge is 2.12. The summed E-state index contributed by atoms with van der Waals surface area (Å²) in [6, 6.07) is 8.06. The number of halogens is 2. The lowest BCUT2D eigenvalue weighted by molar-refractivity contribution is 0.0947. The molecule has 0 radical (unpaired) electrons. The molecular weight excluding hydrogens is 355 g/mol. The molecule has 1 aromatic carbocycles. The van der Waals surface area contributed by atoms with E-state index in [9.17, 15) is 9.18 Å². The molecule has 21 heavy (non-hydrogen) atoms. The average molecular weight is 367 g/mol. The van der Waals surface area contributed by atoms with E-state index in [-0.39, 0.29) is 12.1 Å². The van der Waals surface area contributed by atoms with E-state index in [0.717, 1.165) is 8.66 Å². The highest BCUT2D eigenvalue weighted by Crippen LogP contribution is 2.21. The number of carbonyl (C=O) groups is 1. The van der Waals surface area contributed by atoms with Gasteiger partial charge < -0.3 is 11.1 Å². The molecule has 0 saturated carbocycles. The normalized spacial score (nSPS) is 9.86. The van der Waals surface area contributed by atoms with Gasteiger partial charge in [-0.2, -0.15) is 0 Å². The molecule has 108 valence electrons. The van der Waals surface area contributed by atoms with Crippen LogP contribution in [0, 0.1) is 17.7 Å². The molecule has 1 amide bonds. The molecule has 2 aromatic rings. The van der Waals surface area contributed by atoms with Crippen LogP contribution in [-0.2, 0) is 6.54 Å². The molecule has 0 unspecified atom stereocenters. The molecule has 0 bridgehead atoms. The fraction of sp³-hybridized carbons (Fsp3) is 0.133. The molecule has 0 aliphatic carbocycles. The number of thiophene rings is 1. The van der Waals surface area contributed by atoms with Gasteiger partial charge in [-0.1, -0.05) is 11.8 Å². The van der Waals surface area contributed by atoms with Crippen LogP contribution in [0.1, 0.15) is 20.8 Å². The Morgan fingerprint density at radius 3 is 2.81 bits per heavy atom. The average Bonchev–Trinajstić information content (AvgIpc) is 2.88. The van der Waals surface area contributed by atoms with Crippen molar-refractivity contribution in [3.8, 4) is 11.8 Å². The van der Waals surface area contributed by atoms with Crippen molar-refractivity contribution in [2.45, 2.75) is 6.54 Å². The van der Waals surface area contributed by atoms with Crippen LogP contribution in [0.4, 0.5) is 4.39 Å². The molecule has 0 aliphatic rings. The second-order valence-electron chi connectivity index (χ2n) is 4.09. The number of nitrogens with one attached hydrogen (secondary N) is 1. The third-order valence-corrected chi connectivity index (χ3v) is 4.22. The van der Waals surface area contributed by atoms with Crippen molar-refractivity contribution in [3.63, 3.8) is 0 Å². The maximum Gasteiger partial charge on any atom is 0.254 e. The lowest BCUT2D eigenvalue weighted by Gasteiger charge is -2.05. The van der Waals surface area contributed by atoms with Crippen molar-refractivity contribution >= 4 is 33.2 Å².